The first-order valence-electron chi connectivity index (χ1n) is 9.03. The number of anilines is 1. The molecule has 1 N–H and O–H groups in total. The van der Waals surface area contributed by atoms with Gasteiger partial charge < -0.3 is 10.4 Å². The molecule has 0 saturated heterocycles. The van der Waals surface area contributed by atoms with Gasteiger partial charge in [0.1, 0.15) is 0 Å². The third kappa shape index (κ3) is 2.39. The highest BCUT2D eigenvalue weighted by Crippen LogP contribution is 2.52. The van der Waals surface area contributed by atoms with E-state index in [1.54, 1.807) is 6.07 Å². The zero-order chi connectivity index (χ0) is 18.5. The zero-order valence-electron chi connectivity index (χ0n) is 14.5. The largest absolute Gasteiger partial charge is 0.868 e. The molecule has 5 heteroatoms. The molecule has 0 saturated carbocycles. The van der Waals surface area contributed by atoms with Gasteiger partial charge in [0.2, 0.25) is 0 Å². The number of rotatable bonds is 2. The number of allylic oxidation sites excluding steroid dienone is 2. The third-order valence-electron chi connectivity index (χ3n) is 5.79. The summed E-state index contributed by atoms with van der Waals surface area (Å²) >= 11 is 0. The second kappa shape index (κ2) is 5.84. The summed E-state index contributed by atoms with van der Waals surface area (Å²) in [5, 5.41) is 29.0. The number of nitro benzene ring substituents is 1. The molecule has 5 rings (SSSR count). The van der Waals surface area contributed by atoms with Gasteiger partial charge in [-0.25, -0.2) is 0 Å². The summed E-state index contributed by atoms with van der Waals surface area (Å²) in [5.41, 5.74) is 2.78. The molecule has 134 valence electrons. The first-order valence-corrected chi connectivity index (χ1v) is 9.03. The first kappa shape index (κ1) is 15.9. The van der Waals surface area contributed by atoms with E-state index in [1.165, 1.54) is 28.5 Å². The topological polar surface area (TPSA) is 78.2 Å². The van der Waals surface area contributed by atoms with E-state index in [4.69, 9.17) is 0 Å². The van der Waals surface area contributed by atoms with E-state index in [-0.39, 0.29) is 23.6 Å². The molecule has 3 aromatic rings. The van der Waals surface area contributed by atoms with Crippen molar-refractivity contribution in [1.82, 2.24) is 0 Å². The zero-order valence-corrected chi connectivity index (χ0v) is 14.5. The predicted molar refractivity (Wildman–Crippen MR) is 103 cm³/mol. The molecule has 5 nitrogen and oxygen atoms in total. The van der Waals surface area contributed by atoms with Crippen LogP contribution in [0.2, 0.25) is 0 Å². The second-order valence-corrected chi connectivity index (χ2v) is 7.21. The molecule has 0 bridgehead atoms. The average Bonchev–Trinajstić information content (AvgIpc) is 3.17. The van der Waals surface area contributed by atoms with Crippen molar-refractivity contribution in [3.63, 3.8) is 0 Å². The maximum Gasteiger partial charge on any atom is 0.262 e. The van der Waals surface area contributed by atoms with Crippen LogP contribution in [0, 0.1) is 16.0 Å². The van der Waals surface area contributed by atoms with Crippen molar-refractivity contribution in [2.75, 3.05) is 5.32 Å². The molecule has 1 aliphatic carbocycles. The summed E-state index contributed by atoms with van der Waals surface area (Å²) < 4.78 is 0. The Morgan fingerprint density at radius 3 is 2.78 bits per heavy atom. The lowest BCUT2D eigenvalue weighted by Crippen LogP contribution is -2.29. The van der Waals surface area contributed by atoms with Crippen LogP contribution in [0.15, 0.2) is 66.7 Å². The Hall–Kier alpha value is -3.34. The summed E-state index contributed by atoms with van der Waals surface area (Å²) in [6, 6.07) is 16.9. The van der Waals surface area contributed by atoms with Gasteiger partial charge >= 0.3 is 0 Å². The first-order chi connectivity index (χ1) is 13.1. The third-order valence-corrected chi connectivity index (χ3v) is 5.79. The van der Waals surface area contributed by atoms with Crippen molar-refractivity contribution >= 4 is 22.1 Å². The summed E-state index contributed by atoms with van der Waals surface area (Å²) in [7, 11) is 0. The minimum absolute atomic E-state index is 0.0713. The average molecular weight is 357 g/mol. The van der Waals surface area contributed by atoms with E-state index in [0.717, 1.165) is 17.7 Å². The van der Waals surface area contributed by atoms with Crippen LogP contribution in [0.3, 0.4) is 0 Å². The van der Waals surface area contributed by atoms with E-state index < -0.39 is 10.7 Å². The molecule has 0 unspecified atom stereocenters. The fourth-order valence-electron chi connectivity index (χ4n) is 4.58. The van der Waals surface area contributed by atoms with Crippen LogP contribution in [-0.2, 0) is 0 Å². The second-order valence-electron chi connectivity index (χ2n) is 7.21. The molecule has 3 aromatic carbocycles. The highest BCUT2D eigenvalue weighted by atomic mass is 16.6. The van der Waals surface area contributed by atoms with Crippen molar-refractivity contribution in [2.24, 2.45) is 5.92 Å². The van der Waals surface area contributed by atoms with E-state index >= 15 is 0 Å². The summed E-state index contributed by atoms with van der Waals surface area (Å²) in [6.07, 6.45) is 5.34. The van der Waals surface area contributed by atoms with Gasteiger partial charge in [0.25, 0.3) is 5.69 Å². The molecule has 0 amide bonds. The van der Waals surface area contributed by atoms with Crippen molar-refractivity contribution in [3.05, 3.63) is 88.0 Å². The van der Waals surface area contributed by atoms with Gasteiger partial charge in [-0.1, -0.05) is 54.6 Å². The van der Waals surface area contributed by atoms with E-state index in [0.29, 0.717) is 0 Å². The Kier molecular flexibility index (Phi) is 3.44. The number of nitro groups is 1. The molecule has 0 radical (unpaired) electrons. The lowest BCUT2D eigenvalue weighted by atomic mass is 9.75. The highest BCUT2D eigenvalue weighted by Gasteiger charge is 2.39. The molecule has 0 aromatic heterocycles. The Morgan fingerprint density at radius 1 is 1.07 bits per heavy atom. The summed E-state index contributed by atoms with van der Waals surface area (Å²) in [6.45, 7) is 0. The fourth-order valence-corrected chi connectivity index (χ4v) is 4.58. The predicted octanol–water partition coefficient (Wildman–Crippen LogP) is 4.65. The smallest absolute Gasteiger partial charge is 0.262 e. The van der Waals surface area contributed by atoms with E-state index in [9.17, 15) is 15.2 Å². The van der Waals surface area contributed by atoms with Crippen molar-refractivity contribution in [3.8, 4) is 5.75 Å². The van der Waals surface area contributed by atoms with Gasteiger partial charge in [-0.15, -0.1) is 0 Å². The van der Waals surface area contributed by atoms with Crippen LogP contribution in [0.5, 0.6) is 5.75 Å². The Balaban J connectivity index is 1.65. The molecule has 3 atom stereocenters. The van der Waals surface area contributed by atoms with Crippen molar-refractivity contribution in [2.45, 2.75) is 18.4 Å². The van der Waals surface area contributed by atoms with Crippen LogP contribution in [0.25, 0.3) is 10.8 Å². The Bertz CT molecular complexity index is 1110. The quantitative estimate of drug-likeness (QED) is 0.411. The van der Waals surface area contributed by atoms with E-state index in [1.807, 2.05) is 6.07 Å². The lowest BCUT2D eigenvalue weighted by molar-refractivity contribution is -0.398. The van der Waals surface area contributed by atoms with Crippen LogP contribution >= 0.6 is 0 Å². The molecular formula is C22H17N2O3-. The van der Waals surface area contributed by atoms with Crippen LogP contribution < -0.4 is 10.4 Å². The van der Waals surface area contributed by atoms with Gasteiger partial charge in [-0.3, -0.25) is 10.1 Å². The number of hydrogen-bond donors (Lipinski definition) is 1. The number of benzene rings is 3. The van der Waals surface area contributed by atoms with Gasteiger partial charge in [0.15, 0.2) is 0 Å². The molecule has 1 aliphatic heterocycles. The molecular weight excluding hydrogens is 340 g/mol. The molecule has 1 heterocycles. The monoisotopic (exact) mass is 357 g/mol. The number of hydrogen-bond acceptors (Lipinski definition) is 4. The van der Waals surface area contributed by atoms with E-state index in [2.05, 4.69) is 47.8 Å². The van der Waals surface area contributed by atoms with Gasteiger partial charge in [-0.05, 0) is 46.1 Å². The number of nitrogens with one attached hydrogen (secondary N) is 1. The Morgan fingerprint density at radius 2 is 1.93 bits per heavy atom. The van der Waals surface area contributed by atoms with Crippen LogP contribution in [0.1, 0.15) is 29.5 Å². The van der Waals surface area contributed by atoms with Crippen molar-refractivity contribution in [1.29, 1.82) is 0 Å². The number of nitrogens with zero attached hydrogens (tertiary/aromatic N) is 1. The summed E-state index contributed by atoms with van der Waals surface area (Å²) in [4.78, 5) is 10.6. The van der Waals surface area contributed by atoms with Gasteiger partial charge in [0, 0.05) is 17.7 Å². The Labute approximate surface area is 156 Å². The maximum absolute atomic E-state index is 11.8. The fraction of sp³-hybridized carbons (Fsp3) is 0.182. The highest BCUT2D eigenvalue weighted by molar-refractivity contribution is 5.91. The van der Waals surface area contributed by atoms with Gasteiger partial charge in [0.05, 0.1) is 11.0 Å². The summed E-state index contributed by atoms with van der Waals surface area (Å²) in [5.74, 6) is -0.0317. The van der Waals surface area contributed by atoms with Gasteiger partial charge in [-0.2, -0.15) is 0 Å². The minimum Gasteiger partial charge on any atom is -0.868 e. The van der Waals surface area contributed by atoms with Crippen LogP contribution in [-0.4, -0.2) is 4.92 Å². The molecule has 2 aliphatic rings. The van der Waals surface area contributed by atoms with Crippen molar-refractivity contribution < 1.29 is 10.0 Å². The molecule has 0 fully saturated rings. The van der Waals surface area contributed by atoms with Crippen LogP contribution in [0.4, 0.5) is 11.4 Å². The SMILES string of the molecule is O=[N+]([O-])c1cc([C@H]2Nc3ccc4ccccc4c3[C@H]3C=CC[C@H]32)ccc1[O-]. The molecule has 27 heavy (non-hydrogen) atoms. The normalized spacial score (nSPS) is 22.9. The lowest BCUT2D eigenvalue weighted by Gasteiger charge is -2.38. The number of fused-ring (bicyclic) bond motifs is 5. The maximum atomic E-state index is 11.8. The standard InChI is InChI=1S/C22H18N2O3/c25-20-11-9-14(12-19(20)24(26)27)22-17-7-3-6-16(17)21-15-5-2-1-4-13(15)8-10-18(21)23-22/h1-6,8-12,16-17,22-23,25H,7H2/p-1/t16-,17+,22+/m0/s1. The molecule has 0 spiro atoms. The minimum atomic E-state index is -0.597.